The van der Waals surface area contributed by atoms with Crippen molar-refractivity contribution in [1.82, 2.24) is 0 Å². The third-order valence-corrected chi connectivity index (χ3v) is 6.17. The summed E-state index contributed by atoms with van der Waals surface area (Å²) in [7, 11) is 0. The van der Waals surface area contributed by atoms with E-state index in [-0.39, 0.29) is 17.4 Å². The number of amides is 1. The van der Waals surface area contributed by atoms with Crippen molar-refractivity contribution in [2.75, 3.05) is 18.1 Å². The minimum absolute atomic E-state index is 0.00639. The highest BCUT2D eigenvalue weighted by Crippen LogP contribution is 2.47. The molecule has 1 N–H and O–H groups in total. The SMILES string of the molecule is C=CCOC(=O)c1ccc(N(C(=O)CO)c2ccc3c(c2)C(C)(C)CCC3(C)C)cc1. The Labute approximate surface area is 184 Å². The smallest absolute Gasteiger partial charge is 0.338 e. The second-order valence-corrected chi connectivity index (χ2v) is 9.32. The topological polar surface area (TPSA) is 66.8 Å². The van der Waals surface area contributed by atoms with Crippen molar-refractivity contribution in [1.29, 1.82) is 0 Å². The van der Waals surface area contributed by atoms with Crippen LogP contribution in [0.2, 0.25) is 0 Å². The molecule has 0 spiro atoms. The standard InChI is InChI=1S/C26H31NO4/c1-6-15-31-24(30)18-7-9-19(10-8-18)27(23(29)17-28)20-11-12-21-22(16-20)26(4,5)14-13-25(21,2)3/h6-12,16,28H,1,13-15,17H2,2-5H3. The Morgan fingerprint density at radius 1 is 1.00 bits per heavy atom. The molecule has 3 rings (SSSR count). The van der Waals surface area contributed by atoms with Crippen LogP contribution >= 0.6 is 0 Å². The van der Waals surface area contributed by atoms with E-state index in [9.17, 15) is 14.7 Å². The van der Waals surface area contributed by atoms with Gasteiger partial charge in [0.25, 0.3) is 5.91 Å². The van der Waals surface area contributed by atoms with E-state index in [1.54, 1.807) is 24.3 Å². The molecule has 1 aliphatic rings. The Bertz CT molecular complexity index is 989. The van der Waals surface area contributed by atoms with E-state index >= 15 is 0 Å². The molecule has 2 aromatic rings. The lowest BCUT2D eigenvalue weighted by atomic mass is 9.63. The molecule has 0 fully saturated rings. The normalized spacial score (nSPS) is 16.2. The van der Waals surface area contributed by atoms with E-state index in [4.69, 9.17) is 4.74 Å². The zero-order valence-electron chi connectivity index (χ0n) is 18.8. The van der Waals surface area contributed by atoms with Crippen molar-refractivity contribution in [2.45, 2.75) is 51.4 Å². The van der Waals surface area contributed by atoms with Crippen molar-refractivity contribution in [3.8, 4) is 0 Å². The average molecular weight is 422 g/mol. The fourth-order valence-corrected chi connectivity index (χ4v) is 4.19. The van der Waals surface area contributed by atoms with E-state index in [1.807, 2.05) is 6.07 Å². The van der Waals surface area contributed by atoms with Crippen LogP contribution in [0.1, 0.15) is 62.0 Å². The predicted octanol–water partition coefficient (Wildman–Crippen LogP) is 5.04. The molecule has 1 aliphatic carbocycles. The molecule has 0 aromatic heterocycles. The fourth-order valence-electron chi connectivity index (χ4n) is 4.19. The summed E-state index contributed by atoms with van der Waals surface area (Å²) in [5, 5.41) is 9.62. The van der Waals surface area contributed by atoms with Gasteiger partial charge >= 0.3 is 5.97 Å². The first-order valence-electron chi connectivity index (χ1n) is 10.6. The predicted molar refractivity (Wildman–Crippen MR) is 123 cm³/mol. The zero-order chi connectivity index (χ0) is 22.8. The van der Waals surface area contributed by atoms with Crippen LogP contribution < -0.4 is 4.90 Å². The molecular formula is C26H31NO4. The maximum Gasteiger partial charge on any atom is 0.338 e. The number of esters is 1. The first-order chi connectivity index (χ1) is 14.6. The van der Waals surface area contributed by atoms with E-state index in [0.717, 1.165) is 12.8 Å². The minimum atomic E-state index is -0.616. The molecule has 1 amide bonds. The van der Waals surface area contributed by atoms with Gasteiger partial charge in [0.05, 0.1) is 5.56 Å². The number of hydrogen-bond acceptors (Lipinski definition) is 4. The van der Waals surface area contributed by atoms with Crippen molar-refractivity contribution >= 4 is 23.3 Å². The molecule has 0 saturated heterocycles. The highest BCUT2D eigenvalue weighted by molar-refractivity contribution is 6.01. The second-order valence-electron chi connectivity index (χ2n) is 9.32. The Morgan fingerprint density at radius 2 is 1.58 bits per heavy atom. The van der Waals surface area contributed by atoms with Crippen molar-refractivity contribution in [3.63, 3.8) is 0 Å². The van der Waals surface area contributed by atoms with Crippen LogP contribution in [0.25, 0.3) is 0 Å². The Balaban J connectivity index is 2.02. The van der Waals surface area contributed by atoms with Crippen LogP contribution in [-0.2, 0) is 20.4 Å². The van der Waals surface area contributed by atoms with Gasteiger partial charge in [-0.25, -0.2) is 4.79 Å². The molecule has 31 heavy (non-hydrogen) atoms. The van der Waals surface area contributed by atoms with Crippen LogP contribution in [0.5, 0.6) is 0 Å². The maximum atomic E-state index is 12.7. The first kappa shape index (κ1) is 22.8. The number of nitrogens with zero attached hydrogens (tertiary/aromatic N) is 1. The molecular weight excluding hydrogens is 390 g/mol. The van der Waals surface area contributed by atoms with Gasteiger partial charge in [-0.15, -0.1) is 0 Å². The minimum Gasteiger partial charge on any atom is -0.458 e. The van der Waals surface area contributed by atoms with Gasteiger partial charge in [-0.1, -0.05) is 46.4 Å². The van der Waals surface area contributed by atoms with Crippen molar-refractivity contribution in [3.05, 3.63) is 71.8 Å². The van der Waals surface area contributed by atoms with E-state index < -0.39 is 18.5 Å². The largest absolute Gasteiger partial charge is 0.458 e. The molecule has 0 saturated carbocycles. The van der Waals surface area contributed by atoms with Gasteiger partial charge in [0.15, 0.2) is 0 Å². The summed E-state index contributed by atoms with van der Waals surface area (Å²) in [6.45, 7) is 12.0. The molecule has 0 heterocycles. The summed E-state index contributed by atoms with van der Waals surface area (Å²) in [5.74, 6) is -0.890. The highest BCUT2D eigenvalue weighted by Gasteiger charge is 2.37. The molecule has 5 heteroatoms. The number of hydrogen-bond donors (Lipinski definition) is 1. The quantitative estimate of drug-likeness (QED) is 0.524. The lowest BCUT2D eigenvalue weighted by Gasteiger charge is -2.42. The second kappa shape index (κ2) is 8.67. The Morgan fingerprint density at radius 3 is 2.16 bits per heavy atom. The Kier molecular flexibility index (Phi) is 6.37. The monoisotopic (exact) mass is 421 g/mol. The van der Waals surface area contributed by atoms with E-state index in [2.05, 4.69) is 46.4 Å². The van der Waals surface area contributed by atoms with Gasteiger partial charge in [-0.2, -0.15) is 0 Å². The number of aliphatic hydroxyl groups excluding tert-OH is 1. The van der Waals surface area contributed by atoms with Crippen LogP contribution in [0.4, 0.5) is 11.4 Å². The summed E-state index contributed by atoms with van der Waals surface area (Å²) in [5.41, 5.74) is 4.25. The molecule has 164 valence electrons. The van der Waals surface area contributed by atoms with Gasteiger partial charge < -0.3 is 9.84 Å². The van der Waals surface area contributed by atoms with Gasteiger partial charge in [0.2, 0.25) is 0 Å². The number of ether oxygens (including phenoxy) is 1. The number of aliphatic hydroxyl groups is 1. The number of benzene rings is 2. The fraction of sp³-hybridized carbons (Fsp3) is 0.385. The summed E-state index contributed by atoms with van der Waals surface area (Å²) < 4.78 is 5.06. The van der Waals surface area contributed by atoms with Crippen LogP contribution in [0.15, 0.2) is 55.1 Å². The average Bonchev–Trinajstić information content (AvgIpc) is 2.76. The summed E-state index contributed by atoms with van der Waals surface area (Å²) >= 11 is 0. The summed E-state index contributed by atoms with van der Waals surface area (Å²) in [6, 6.07) is 12.7. The molecule has 0 aliphatic heterocycles. The van der Waals surface area contributed by atoms with Gasteiger partial charge in [-0.3, -0.25) is 9.69 Å². The molecule has 0 atom stereocenters. The number of carbonyl (C=O) groups excluding carboxylic acids is 2. The molecule has 0 unspecified atom stereocenters. The number of carbonyl (C=O) groups is 2. The van der Waals surface area contributed by atoms with Gasteiger partial charge in [0, 0.05) is 11.4 Å². The zero-order valence-corrected chi connectivity index (χ0v) is 18.8. The third-order valence-electron chi connectivity index (χ3n) is 6.17. The lowest BCUT2D eigenvalue weighted by Crippen LogP contribution is -2.35. The van der Waals surface area contributed by atoms with E-state index in [0.29, 0.717) is 16.9 Å². The van der Waals surface area contributed by atoms with Gasteiger partial charge in [-0.05, 0) is 71.2 Å². The highest BCUT2D eigenvalue weighted by atomic mass is 16.5. The summed E-state index contributed by atoms with van der Waals surface area (Å²) in [4.78, 5) is 26.2. The Hall–Kier alpha value is -2.92. The first-order valence-corrected chi connectivity index (χ1v) is 10.6. The third kappa shape index (κ3) is 4.57. The van der Waals surface area contributed by atoms with Crippen LogP contribution in [0.3, 0.4) is 0 Å². The maximum absolute atomic E-state index is 12.7. The van der Waals surface area contributed by atoms with Gasteiger partial charge in [0.1, 0.15) is 13.2 Å². The molecule has 0 radical (unpaired) electrons. The van der Waals surface area contributed by atoms with Crippen LogP contribution in [-0.4, -0.2) is 30.2 Å². The van der Waals surface area contributed by atoms with Crippen molar-refractivity contribution in [2.24, 2.45) is 0 Å². The number of rotatable bonds is 6. The van der Waals surface area contributed by atoms with Crippen LogP contribution in [0, 0.1) is 0 Å². The lowest BCUT2D eigenvalue weighted by molar-refractivity contribution is -0.120. The van der Waals surface area contributed by atoms with E-state index in [1.165, 1.54) is 22.1 Å². The number of fused-ring (bicyclic) bond motifs is 1. The molecule has 2 aromatic carbocycles. The number of anilines is 2. The van der Waals surface area contributed by atoms with Crippen molar-refractivity contribution < 1.29 is 19.4 Å². The molecule has 5 nitrogen and oxygen atoms in total. The summed E-state index contributed by atoms with van der Waals surface area (Å²) in [6.07, 6.45) is 3.67. The molecule has 0 bridgehead atoms.